The van der Waals surface area contributed by atoms with Crippen molar-refractivity contribution in [1.82, 2.24) is 0 Å². The van der Waals surface area contributed by atoms with Gasteiger partial charge in [0.2, 0.25) is 0 Å². The topological polar surface area (TPSA) is 0 Å². The molecule has 1 aliphatic heterocycles. The molecule has 2 rings (SSSR count). The van der Waals surface area contributed by atoms with Crippen molar-refractivity contribution in [1.29, 1.82) is 0 Å². The first-order chi connectivity index (χ1) is 7.52. The van der Waals surface area contributed by atoms with E-state index in [2.05, 4.69) is 56.8 Å². The Morgan fingerprint density at radius 2 is 1.74 bits per heavy atom. The summed E-state index contributed by atoms with van der Waals surface area (Å²) in [7, 11) is -1.01. The molecule has 1 radical (unpaired) electrons. The van der Waals surface area contributed by atoms with Crippen LogP contribution in [-0.4, -0.2) is 14.8 Å². The van der Waals surface area contributed by atoms with E-state index in [4.69, 9.17) is 0 Å². The number of rotatable bonds is 1. The van der Waals surface area contributed by atoms with E-state index in [1.165, 1.54) is 6.32 Å². The van der Waals surface area contributed by atoms with Crippen LogP contribution in [0.3, 0.4) is 0 Å². The molecule has 19 heavy (non-hydrogen) atoms. The molecule has 0 aromatic carbocycles. The molecule has 0 aromatic rings. The molecule has 0 saturated carbocycles. The van der Waals surface area contributed by atoms with E-state index in [1.54, 1.807) is 5.10 Å². The Labute approximate surface area is 151 Å². The second-order valence-electron chi connectivity index (χ2n) is 5.44. The van der Waals surface area contributed by atoms with Crippen LogP contribution in [0, 0.1) is 6.08 Å². The summed E-state index contributed by atoms with van der Waals surface area (Å²) in [5.74, 6) is 0. The second-order valence-corrected chi connectivity index (χ2v) is 10.5. The van der Waals surface area contributed by atoms with Crippen molar-refractivity contribution in [3.63, 3.8) is 0 Å². The molecule has 0 amide bonds. The van der Waals surface area contributed by atoms with Crippen molar-refractivity contribution in [3.8, 4) is 0 Å². The van der Waals surface area contributed by atoms with Crippen LogP contribution in [-0.2, 0) is 26.2 Å². The van der Waals surface area contributed by atoms with E-state index in [0.29, 0.717) is 0 Å². The smallest absolute Gasteiger partial charge is 1.00 e. The quantitative estimate of drug-likeness (QED) is 0.371. The second kappa shape index (κ2) is 12.4. The van der Waals surface area contributed by atoms with Crippen molar-refractivity contribution in [3.05, 3.63) is 47.6 Å². The van der Waals surface area contributed by atoms with Crippen molar-refractivity contribution in [2.24, 2.45) is 0 Å². The maximum absolute atomic E-state index is 2.99. The minimum Gasteiger partial charge on any atom is -1.00 e. The third-order valence-corrected chi connectivity index (χ3v) is 5.28. The van der Waals surface area contributed by atoms with E-state index >= 15 is 0 Å². The number of hydrogen-bond acceptors (Lipinski definition) is 0. The Balaban J connectivity index is -0.000000277. The molecular formula is C14H22BCl2SiZr. The van der Waals surface area contributed by atoms with Crippen LogP contribution in [0.2, 0.25) is 32.8 Å². The molecule has 0 spiro atoms. The van der Waals surface area contributed by atoms with Gasteiger partial charge < -0.3 is 24.8 Å². The summed E-state index contributed by atoms with van der Waals surface area (Å²) >= 11 is 0. The standard InChI is InChI=1S/C9H17BSi.C5H5.2ClH.Zr/c1-10-8-6-5-7-9(10)11(2,3)4;1-2-4-5-3-1;;;/h5-7H,8H2,1-4H3;1-3H,4H2;2*1H;/q;-1;;;+3/p-2. The van der Waals surface area contributed by atoms with Gasteiger partial charge >= 0.3 is 26.2 Å². The molecule has 1 heterocycles. The number of hydrogen-bond donors (Lipinski definition) is 0. The largest absolute Gasteiger partial charge is 3.00 e. The van der Waals surface area contributed by atoms with Crippen LogP contribution in [0.25, 0.3) is 0 Å². The van der Waals surface area contributed by atoms with Gasteiger partial charge in [-0.1, -0.05) is 51.0 Å². The Kier molecular flexibility index (Phi) is 16.2. The fraction of sp³-hybridized carbons (Fsp3) is 0.429. The molecule has 0 unspecified atom stereocenters. The van der Waals surface area contributed by atoms with Gasteiger partial charge in [0.1, 0.15) is 0 Å². The summed E-state index contributed by atoms with van der Waals surface area (Å²) in [6.45, 7) is 10.4. The fourth-order valence-electron chi connectivity index (χ4n) is 2.08. The molecule has 0 fully saturated rings. The molecule has 0 atom stereocenters. The van der Waals surface area contributed by atoms with Crippen LogP contribution in [0.1, 0.15) is 6.42 Å². The maximum atomic E-state index is 2.99. The summed E-state index contributed by atoms with van der Waals surface area (Å²) < 4.78 is 0. The first kappa shape index (κ1) is 24.7. The van der Waals surface area contributed by atoms with E-state index < -0.39 is 8.07 Å². The van der Waals surface area contributed by atoms with E-state index in [-0.39, 0.29) is 51.0 Å². The van der Waals surface area contributed by atoms with Crippen molar-refractivity contribution < 1.29 is 51.0 Å². The zero-order valence-corrected chi connectivity index (χ0v) is 17.2. The molecule has 0 bridgehead atoms. The predicted octanol–water partition coefficient (Wildman–Crippen LogP) is -1.67. The van der Waals surface area contributed by atoms with Crippen LogP contribution in [0.15, 0.2) is 41.6 Å². The zero-order valence-electron chi connectivity index (χ0n) is 12.2. The monoisotopic (exact) mass is 389 g/mol. The Bertz CT molecular complexity index is 334. The molecule has 0 nitrogen and oxygen atoms in total. The minimum absolute atomic E-state index is 0. The molecule has 1 aliphatic carbocycles. The average Bonchev–Trinajstić information content (AvgIpc) is 2.74. The van der Waals surface area contributed by atoms with Crippen LogP contribution >= 0.6 is 0 Å². The van der Waals surface area contributed by atoms with Crippen LogP contribution in [0.5, 0.6) is 0 Å². The van der Waals surface area contributed by atoms with Crippen molar-refractivity contribution in [2.45, 2.75) is 39.2 Å². The Hall–Kier alpha value is 0.705. The third-order valence-electron chi connectivity index (χ3n) is 2.88. The molecular weight excluding hydrogens is 369 g/mol. The Morgan fingerprint density at radius 3 is 2.00 bits per heavy atom. The Morgan fingerprint density at radius 1 is 1.11 bits per heavy atom. The fourth-order valence-corrected chi connectivity index (χ4v) is 4.27. The SMILES string of the molecule is CB1CC=CC=C1[Si](C)(C)C.[C-]1=CC=CC1.[Cl-].[Cl-].[Zr+3]. The van der Waals surface area contributed by atoms with Crippen molar-refractivity contribution >= 4 is 14.8 Å². The molecule has 0 N–H and O–H groups in total. The molecule has 0 aromatic heterocycles. The van der Waals surface area contributed by atoms with Gasteiger partial charge in [0, 0.05) is 0 Å². The van der Waals surface area contributed by atoms with E-state index in [1.807, 2.05) is 12.2 Å². The van der Waals surface area contributed by atoms with Gasteiger partial charge in [-0.25, -0.2) is 12.2 Å². The minimum atomic E-state index is -1.01. The van der Waals surface area contributed by atoms with Gasteiger partial charge in [0.05, 0.1) is 8.07 Å². The molecule has 0 saturated heterocycles. The van der Waals surface area contributed by atoms with Crippen LogP contribution < -0.4 is 24.8 Å². The maximum Gasteiger partial charge on any atom is 3.00 e. The normalized spacial score (nSPS) is 15.4. The first-order valence-corrected chi connectivity index (χ1v) is 9.61. The summed E-state index contributed by atoms with van der Waals surface area (Å²) in [5, 5.41) is 1.72. The third kappa shape index (κ3) is 10.1. The van der Waals surface area contributed by atoms with E-state index in [0.717, 1.165) is 13.1 Å². The summed E-state index contributed by atoms with van der Waals surface area (Å²) in [5.41, 5.74) is 0. The molecule has 5 heteroatoms. The molecule has 103 valence electrons. The van der Waals surface area contributed by atoms with Gasteiger partial charge in [-0.2, -0.15) is 6.08 Å². The number of allylic oxidation sites excluding steroid dienone is 7. The van der Waals surface area contributed by atoms with Gasteiger partial charge in [-0.05, 0) is 0 Å². The summed E-state index contributed by atoms with van der Waals surface area (Å²) in [4.78, 5) is 0. The van der Waals surface area contributed by atoms with Gasteiger partial charge in [-0.3, -0.25) is 6.08 Å². The summed E-state index contributed by atoms with van der Waals surface area (Å²) in [6.07, 6.45) is 18.1. The predicted molar refractivity (Wildman–Crippen MR) is 78.6 cm³/mol. The van der Waals surface area contributed by atoms with Crippen molar-refractivity contribution in [2.75, 3.05) is 0 Å². The van der Waals surface area contributed by atoms with Gasteiger partial charge in [-0.15, -0.1) is 11.5 Å². The zero-order chi connectivity index (χ0) is 12.0. The average molecular weight is 391 g/mol. The van der Waals surface area contributed by atoms with E-state index in [9.17, 15) is 0 Å². The van der Waals surface area contributed by atoms with Gasteiger partial charge in [0.25, 0.3) is 0 Å². The van der Waals surface area contributed by atoms with Crippen LogP contribution in [0.4, 0.5) is 0 Å². The summed E-state index contributed by atoms with van der Waals surface area (Å²) in [6, 6.07) is 0. The first-order valence-electron chi connectivity index (χ1n) is 6.11. The van der Waals surface area contributed by atoms with Gasteiger partial charge in [0.15, 0.2) is 6.71 Å². The number of halogens is 2. The molecule has 2 aliphatic rings.